The lowest BCUT2D eigenvalue weighted by molar-refractivity contribution is -0.152. The SMILES string of the molecule is Cn1ccnc1N1CCc2cc(N(CC(=O)OC(C)(C)C)Sc3cc(Cl)cc(Cl)c3)ccc21. The Morgan fingerprint density at radius 2 is 1.91 bits per heavy atom. The maximum Gasteiger partial charge on any atom is 0.327 e. The van der Waals surface area contributed by atoms with Gasteiger partial charge in [0.15, 0.2) is 0 Å². The van der Waals surface area contributed by atoms with E-state index in [9.17, 15) is 4.79 Å². The van der Waals surface area contributed by atoms with E-state index in [1.165, 1.54) is 17.5 Å². The van der Waals surface area contributed by atoms with Gasteiger partial charge in [0.2, 0.25) is 5.95 Å². The van der Waals surface area contributed by atoms with Crippen LogP contribution in [0.15, 0.2) is 53.7 Å². The van der Waals surface area contributed by atoms with Crippen LogP contribution in [0.4, 0.5) is 17.3 Å². The molecule has 0 N–H and O–H groups in total. The van der Waals surface area contributed by atoms with Gasteiger partial charge in [-0.15, -0.1) is 0 Å². The van der Waals surface area contributed by atoms with Crippen LogP contribution >= 0.6 is 35.1 Å². The van der Waals surface area contributed by atoms with Gasteiger partial charge in [-0.3, -0.25) is 4.79 Å². The van der Waals surface area contributed by atoms with E-state index in [0.717, 1.165) is 35.2 Å². The van der Waals surface area contributed by atoms with Gasteiger partial charge in [-0.2, -0.15) is 0 Å². The summed E-state index contributed by atoms with van der Waals surface area (Å²) in [5, 5.41) is 1.09. The van der Waals surface area contributed by atoms with E-state index in [1.54, 1.807) is 12.3 Å². The third-order valence-corrected chi connectivity index (χ3v) is 6.47. The van der Waals surface area contributed by atoms with Gasteiger partial charge in [0.25, 0.3) is 0 Å². The van der Waals surface area contributed by atoms with Crippen LogP contribution in [0.5, 0.6) is 0 Å². The summed E-state index contributed by atoms with van der Waals surface area (Å²) in [5.41, 5.74) is 2.67. The molecule has 0 saturated carbocycles. The molecule has 0 aliphatic carbocycles. The lowest BCUT2D eigenvalue weighted by Gasteiger charge is -2.26. The minimum Gasteiger partial charge on any atom is -0.459 e. The number of imidazole rings is 1. The van der Waals surface area contributed by atoms with Crippen molar-refractivity contribution in [2.75, 3.05) is 22.3 Å². The van der Waals surface area contributed by atoms with Crippen LogP contribution in [-0.4, -0.2) is 34.2 Å². The van der Waals surface area contributed by atoms with E-state index in [0.29, 0.717) is 10.0 Å². The normalized spacial score (nSPS) is 13.2. The lowest BCUT2D eigenvalue weighted by atomic mass is 10.1. The molecule has 0 amide bonds. The Balaban J connectivity index is 1.63. The summed E-state index contributed by atoms with van der Waals surface area (Å²) in [6, 6.07) is 11.6. The Labute approximate surface area is 208 Å². The highest BCUT2D eigenvalue weighted by Crippen LogP contribution is 2.39. The van der Waals surface area contributed by atoms with Crippen molar-refractivity contribution < 1.29 is 9.53 Å². The fourth-order valence-corrected chi connectivity index (χ4v) is 5.40. The Morgan fingerprint density at radius 1 is 1.18 bits per heavy atom. The molecule has 3 aromatic rings. The first-order valence-electron chi connectivity index (χ1n) is 10.6. The number of fused-ring (bicyclic) bond motifs is 1. The molecule has 33 heavy (non-hydrogen) atoms. The van der Waals surface area contributed by atoms with Crippen molar-refractivity contribution in [3.05, 3.63) is 64.4 Å². The summed E-state index contributed by atoms with van der Waals surface area (Å²) in [7, 11) is 1.99. The van der Waals surface area contributed by atoms with Crippen LogP contribution in [0.1, 0.15) is 26.3 Å². The topological polar surface area (TPSA) is 50.6 Å². The molecule has 0 fully saturated rings. The molecule has 0 unspecified atom stereocenters. The maximum absolute atomic E-state index is 12.7. The molecular weight excluding hydrogens is 479 g/mol. The van der Waals surface area contributed by atoms with Crippen LogP contribution in [0.2, 0.25) is 10.0 Å². The van der Waals surface area contributed by atoms with E-state index >= 15 is 0 Å². The second-order valence-electron chi connectivity index (χ2n) is 8.87. The zero-order valence-electron chi connectivity index (χ0n) is 19.0. The molecule has 1 aliphatic heterocycles. The number of rotatable bonds is 6. The average Bonchev–Trinajstić information content (AvgIpc) is 3.30. The zero-order valence-corrected chi connectivity index (χ0v) is 21.3. The first-order chi connectivity index (χ1) is 15.6. The van der Waals surface area contributed by atoms with Gasteiger partial charge in [-0.25, -0.2) is 4.98 Å². The predicted octanol–water partition coefficient (Wildman–Crippen LogP) is 6.28. The molecule has 6 nitrogen and oxygen atoms in total. The number of anilines is 3. The van der Waals surface area contributed by atoms with Crippen molar-refractivity contribution in [2.45, 2.75) is 37.7 Å². The molecule has 9 heteroatoms. The maximum atomic E-state index is 12.7. The van der Waals surface area contributed by atoms with Crippen LogP contribution in [0.25, 0.3) is 0 Å². The number of carbonyl (C=O) groups is 1. The number of benzene rings is 2. The molecule has 0 atom stereocenters. The van der Waals surface area contributed by atoms with Crippen molar-refractivity contribution in [1.82, 2.24) is 9.55 Å². The Kier molecular flexibility index (Phi) is 6.84. The minimum absolute atomic E-state index is 0.0773. The molecule has 1 aliphatic rings. The van der Waals surface area contributed by atoms with Crippen LogP contribution in [0.3, 0.4) is 0 Å². The second kappa shape index (κ2) is 9.49. The molecule has 4 rings (SSSR count). The second-order valence-corrected chi connectivity index (χ2v) is 10.8. The number of aryl methyl sites for hydroxylation is 1. The highest BCUT2D eigenvalue weighted by atomic mass is 35.5. The van der Waals surface area contributed by atoms with Gasteiger partial charge in [-0.1, -0.05) is 23.2 Å². The molecule has 2 aromatic carbocycles. The Morgan fingerprint density at radius 3 is 2.55 bits per heavy atom. The van der Waals surface area contributed by atoms with Crippen LogP contribution in [-0.2, 0) is 23.0 Å². The van der Waals surface area contributed by atoms with E-state index in [-0.39, 0.29) is 12.5 Å². The third-order valence-electron chi connectivity index (χ3n) is 5.03. The molecule has 0 radical (unpaired) electrons. The first-order valence-corrected chi connectivity index (χ1v) is 12.1. The van der Waals surface area contributed by atoms with E-state index in [1.807, 2.05) is 61.1 Å². The van der Waals surface area contributed by atoms with Gasteiger partial charge in [0.1, 0.15) is 12.1 Å². The summed E-state index contributed by atoms with van der Waals surface area (Å²) >= 11 is 13.8. The smallest absolute Gasteiger partial charge is 0.327 e. The van der Waals surface area contributed by atoms with Crippen molar-refractivity contribution >= 4 is 58.4 Å². The van der Waals surface area contributed by atoms with Gasteiger partial charge < -0.3 is 18.5 Å². The Hall–Kier alpha value is -2.35. The number of carbonyl (C=O) groups excluding carboxylic acids is 1. The van der Waals surface area contributed by atoms with E-state index < -0.39 is 5.60 Å². The van der Waals surface area contributed by atoms with Crippen molar-refractivity contribution in [1.29, 1.82) is 0 Å². The summed E-state index contributed by atoms with van der Waals surface area (Å²) in [6.45, 7) is 6.52. The van der Waals surface area contributed by atoms with Crippen LogP contribution in [0, 0.1) is 0 Å². The average molecular weight is 505 g/mol. The van der Waals surface area contributed by atoms with Gasteiger partial charge >= 0.3 is 5.97 Å². The van der Waals surface area contributed by atoms with Gasteiger partial charge in [-0.05, 0) is 81.1 Å². The summed E-state index contributed by atoms with van der Waals surface area (Å²) < 4.78 is 9.51. The first kappa shape index (κ1) is 23.8. The molecule has 1 aromatic heterocycles. The molecule has 2 heterocycles. The predicted molar refractivity (Wildman–Crippen MR) is 136 cm³/mol. The Bertz CT molecular complexity index is 1160. The molecule has 174 valence electrons. The van der Waals surface area contributed by atoms with Crippen molar-refractivity contribution in [3.8, 4) is 0 Å². The van der Waals surface area contributed by atoms with Gasteiger partial charge in [0.05, 0.1) is 0 Å². The molecule has 0 bridgehead atoms. The standard InChI is InChI=1S/C24H26Cl2N4O2S/c1-24(2,3)32-22(31)15-30(33-20-13-17(25)12-18(26)14-20)19-5-6-21-16(11-19)7-9-29(21)23-27-8-10-28(23)4/h5-6,8,10-14H,7,9,15H2,1-4H3. The summed E-state index contributed by atoms with van der Waals surface area (Å²) in [5.74, 6) is 0.605. The summed E-state index contributed by atoms with van der Waals surface area (Å²) in [4.78, 5) is 20.2. The zero-order chi connectivity index (χ0) is 23.8. The van der Waals surface area contributed by atoms with Crippen LogP contribution < -0.4 is 9.21 Å². The molecular formula is C24H26Cl2N4O2S. The number of nitrogens with zero attached hydrogens (tertiary/aromatic N) is 4. The fraction of sp³-hybridized carbons (Fsp3) is 0.333. The highest BCUT2D eigenvalue weighted by Gasteiger charge is 2.26. The van der Waals surface area contributed by atoms with Gasteiger partial charge in [0, 0.05) is 52.3 Å². The lowest BCUT2D eigenvalue weighted by Crippen LogP contribution is -2.31. The summed E-state index contributed by atoms with van der Waals surface area (Å²) in [6.07, 6.45) is 4.64. The molecule has 0 saturated heterocycles. The number of hydrogen-bond acceptors (Lipinski definition) is 6. The fourth-order valence-electron chi connectivity index (χ4n) is 3.74. The largest absolute Gasteiger partial charge is 0.459 e. The number of halogens is 2. The van der Waals surface area contributed by atoms with E-state index in [2.05, 4.69) is 22.0 Å². The third kappa shape index (κ3) is 5.78. The van der Waals surface area contributed by atoms with E-state index in [4.69, 9.17) is 27.9 Å². The highest BCUT2D eigenvalue weighted by molar-refractivity contribution is 8.00. The number of hydrogen-bond donors (Lipinski definition) is 0. The number of aromatic nitrogens is 2. The van der Waals surface area contributed by atoms with Crippen molar-refractivity contribution in [2.24, 2.45) is 7.05 Å². The quantitative estimate of drug-likeness (QED) is 0.291. The van der Waals surface area contributed by atoms with Crippen molar-refractivity contribution in [3.63, 3.8) is 0 Å². The minimum atomic E-state index is -0.562. The number of ether oxygens (including phenoxy) is 1. The monoisotopic (exact) mass is 504 g/mol. The number of esters is 1. The molecule has 0 spiro atoms.